The maximum absolute atomic E-state index is 13.0. The van der Waals surface area contributed by atoms with Gasteiger partial charge < -0.3 is 5.11 Å². The van der Waals surface area contributed by atoms with Gasteiger partial charge in [-0.3, -0.25) is 0 Å². The number of benzene rings is 1. The Morgan fingerprint density at radius 2 is 1.70 bits per heavy atom. The second-order valence-electron chi connectivity index (χ2n) is 5.02. The lowest BCUT2D eigenvalue weighted by Crippen LogP contribution is -2.53. The number of halogens is 5. The molecule has 1 aromatic rings. The van der Waals surface area contributed by atoms with E-state index in [1.807, 2.05) is 3.11 Å². The van der Waals surface area contributed by atoms with Crippen LogP contribution in [0.3, 0.4) is 0 Å². The van der Waals surface area contributed by atoms with E-state index in [1.54, 1.807) is 24.3 Å². The SMILES string of the molecule is OC(C(F)(F)F)C1(c2ccc(Cl)cc2)CCN(I)CC1. The van der Waals surface area contributed by atoms with Crippen LogP contribution < -0.4 is 0 Å². The first-order valence-electron chi connectivity index (χ1n) is 6.17. The lowest BCUT2D eigenvalue weighted by atomic mass is 9.69. The maximum Gasteiger partial charge on any atom is 0.415 e. The summed E-state index contributed by atoms with van der Waals surface area (Å²) in [6.45, 7) is 1.02. The van der Waals surface area contributed by atoms with Gasteiger partial charge >= 0.3 is 6.18 Å². The zero-order valence-corrected chi connectivity index (χ0v) is 13.4. The topological polar surface area (TPSA) is 23.5 Å². The number of hydrogen-bond donors (Lipinski definition) is 1. The smallest absolute Gasteiger partial charge is 0.383 e. The second kappa shape index (κ2) is 5.98. The zero-order chi connectivity index (χ0) is 15.0. The third kappa shape index (κ3) is 3.23. The predicted octanol–water partition coefficient (Wildman–Crippen LogP) is 3.95. The number of nitrogens with zero attached hydrogens (tertiary/aromatic N) is 1. The van der Waals surface area contributed by atoms with Crippen molar-refractivity contribution in [2.75, 3.05) is 13.1 Å². The van der Waals surface area contributed by atoms with E-state index in [2.05, 4.69) is 22.9 Å². The monoisotopic (exact) mass is 419 g/mol. The van der Waals surface area contributed by atoms with Crippen molar-refractivity contribution in [3.8, 4) is 0 Å². The van der Waals surface area contributed by atoms with Gasteiger partial charge in [-0.05, 0) is 30.5 Å². The van der Waals surface area contributed by atoms with Gasteiger partial charge in [0.05, 0.1) is 0 Å². The molecule has 0 saturated carbocycles. The fraction of sp³-hybridized carbons (Fsp3) is 0.538. The maximum atomic E-state index is 13.0. The van der Waals surface area contributed by atoms with Crippen molar-refractivity contribution in [1.29, 1.82) is 0 Å². The summed E-state index contributed by atoms with van der Waals surface area (Å²) in [5, 5.41) is 10.4. The van der Waals surface area contributed by atoms with E-state index in [0.29, 0.717) is 23.7 Å². The third-order valence-corrected chi connectivity index (χ3v) is 5.07. The fourth-order valence-electron chi connectivity index (χ4n) is 2.69. The van der Waals surface area contributed by atoms with Crippen LogP contribution >= 0.6 is 34.5 Å². The molecular weight excluding hydrogens is 406 g/mol. The van der Waals surface area contributed by atoms with Gasteiger partial charge in [0, 0.05) is 46.4 Å². The third-order valence-electron chi connectivity index (χ3n) is 3.85. The molecule has 20 heavy (non-hydrogen) atoms. The molecule has 1 N–H and O–H groups in total. The molecule has 1 heterocycles. The Kier molecular flexibility index (Phi) is 4.88. The van der Waals surface area contributed by atoms with Crippen LogP contribution in [0.4, 0.5) is 13.2 Å². The second-order valence-corrected chi connectivity index (χ2v) is 6.82. The van der Waals surface area contributed by atoms with E-state index in [1.165, 1.54) is 0 Å². The number of aliphatic hydroxyl groups excluding tert-OH is 1. The van der Waals surface area contributed by atoms with Crippen LogP contribution in [0.15, 0.2) is 24.3 Å². The number of hydrogen-bond acceptors (Lipinski definition) is 2. The van der Waals surface area contributed by atoms with Crippen molar-refractivity contribution >= 4 is 34.5 Å². The Hall–Kier alpha value is -0.0500. The minimum Gasteiger partial charge on any atom is -0.383 e. The van der Waals surface area contributed by atoms with Gasteiger partial charge in [-0.1, -0.05) is 23.7 Å². The van der Waals surface area contributed by atoms with E-state index < -0.39 is 17.7 Å². The van der Waals surface area contributed by atoms with Crippen LogP contribution in [0, 0.1) is 0 Å². The highest BCUT2D eigenvalue weighted by Crippen LogP contribution is 2.45. The van der Waals surface area contributed by atoms with Gasteiger partial charge in [0.15, 0.2) is 6.10 Å². The first-order valence-corrected chi connectivity index (χ1v) is 7.51. The molecule has 2 nitrogen and oxygen atoms in total. The van der Waals surface area contributed by atoms with Gasteiger partial charge in [-0.15, -0.1) is 0 Å². The Morgan fingerprint density at radius 1 is 1.20 bits per heavy atom. The molecule has 0 radical (unpaired) electrons. The van der Waals surface area contributed by atoms with Crippen molar-refractivity contribution in [1.82, 2.24) is 3.11 Å². The molecule has 2 rings (SSSR count). The van der Waals surface area contributed by atoms with Crippen LogP contribution in [-0.2, 0) is 5.41 Å². The van der Waals surface area contributed by atoms with Crippen molar-refractivity contribution in [3.05, 3.63) is 34.9 Å². The van der Waals surface area contributed by atoms with E-state index >= 15 is 0 Å². The normalized spacial score (nSPS) is 21.7. The standard InChI is InChI=1S/C13H14ClF3INO/c14-10-3-1-9(2-4-10)12(11(20)13(15,16)17)5-7-19(18)8-6-12/h1-4,11,20H,5-8H2. The molecule has 1 fully saturated rings. The van der Waals surface area contributed by atoms with Crippen LogP contribution in [0.5, 0.6) is 0 Å². The van der Waals surface area contributed by atoms with Crippen molar-refractivity contribution in [2.24, 2.45) is 0 Å². The van der Waals surface area contributed by atoms with Gasteiger partial charge in [-0.2, -0.15) is 13.2 Å². The first kappa shape index (κ1) is 16.3. The molecule has 1 saturated heterocycles. The highest BCUT2D eigenvalue weighted by molar-refractivity contribution is 14.1. The molecule has 0 aliphatic carbocycles. The molecule has 1 aliphatic heterocycles. The number of aliphatic hydroxyl groups is 1. The van der Waals surface area contributed by atoms with Crippen molar-refractivity contribution < 1.29 is 18.3 Å². The lowest BCUT2D eigenvalue weighted by molar-refractivity contribution is -0.229. The van der Waals surface area contributed by atoms with Gasteiger partial charge in [0.2, 0.25) is 0 Å². The minimum absolute atomic E-state index is 0.262. The molecule has 112 valence electrons. The Labute approximate surface area is 134 Å². The summed E-state index contributed by atoms with van der Waals surface area (Å²) in [6.07, 6.45) is -6.47. The van der Waals surface area contributed by atoms with E-state index in [0.717, 1.165) is 0 Å². The summed E-state index contributed by atoms with van der Waals surface area (Å²) in [4.78, 5) is 0. The average Bonchev–Trinajstić information content (AvgIpc) is 2.39. The Morgan fingerprint density at radius 3 is 2.15 bits per heavy atom. The van der Waals surface area contributed by atoms with Crippen molar-refractivity contribution in [2.45, 2.75) is 30.5 Å². The summed E-state index contributed by atoms with van der Waals surface area (Å²) in [5.41, 5.74) is -0.791. The number of piperidine rings is 1. The van der Waals surface area contributed by atoms with Crippen LogP contribution in [0.2, 0.25) is 5.02 Å². The van der Waals surface area contributed by atoms with Crippen LogP contribution in [0.1, 0.15) is 18.4 Å². The zero-order valence-electron chi connectivity index (χ0n) is 10.5. The van der Waals surface area contributed by atoms with Gasteiger partial charge in [0.1, 0.15) is 0 Å². The van der Waals surface area contributed by atoms with Crippen LogP contribution in [-0.4, -0.2) is 33.6 Å². The first-order chi connectivity index (χ1) is 9.25. The molecule has 0 spiro atoms. The predicted molar refractivity (Wildman–Crippen MR) is 80.0 cm³/mol. The van der Waals surface area contributed by atoms with E-state index in [4.69, 9.17) is 11.6 Å². The molecule has 1 unspecified atom stereocenters. The molecule has 0 bridgehead atoms. The molecule has 1 atom stereocenters. The lowest BCUT2D eigenvalue weighted by Gasteiger charge is -2.44. The summed E-state index contributed by atoms with van der Waals surface area (Å²) in [5.74, 6) is 0. The minimum atomic E-state index is -4.63. The molecule has 1 aromatic carbocycles. The summed E-state index contributed by atoms with van der Waals surface area (Å²) < 4.78 is 41.1. The average molecular weight is 420 g/mol. The van der Waals surface area contributed by atoms with Crippen LogP contribution in [0.25, 0.3) is 0 Å². The number of rotatable bonds is 2. The van der Waals surface area contributed by atoms with Crippen molar-refractivity contribution in [3.63, 3.8) is 0 Å². The Balaban J connectivity index is 2.41. The molecule has 0 aromatic heterocycles. The van der Waals surface area contributed by atoms with Gasteiger partial charge in [0.25, 0.3) is 0 Å². The van der Waals surface area contributed by atoms with E-state index in [-0.39, 0.29) is 12.8 Å². The largest absolute Gasteiger partial charge is 0.415 e. The highest BCUT2D eigenvalue weighted by Gasteiger charge is 2.54. The summed E-state index contributed by atoms with van der Waals surface area (Å²) >= 11 is 7.89. The summed E-state index contributed by atoms with van der Waals surface area (Å²) in [7, 11) is 0. The Bertz CT molecular complexity index is 458. The molecule has 7 heteroatoms. The van der Waals surface area contributed by atoms with E-state index in [9.17, 15) is 18.3 Å². The van der Waals surface area contributed by atoms with Gasteiger partial charge in [-0.25, -0.2) is 3.11 Å². The molecular formula is C13H14ClF3INO. The quantitative estimate of drug-likeness (QED) is 0.580. The number of alkyl halides is 3. The highest BCUT2D eigenvalue weighted by atomic mass is 127. The molecule has 1 aliphatic rings. The summed E-state index contributed by atoms with van der Waals surface area (Å²) in [6, 6.07) is 6.30. The molecule has 0 amide bonds. The fourth-order valence-corrected chi connectivity index (χ4v) is 3.30.